The molecule has 2 atom stereocenters. The van der Waals surface area contributed by atoms with E-state index in [2.05, 4.69) is 6.58 Å². The first-order valence-electron chi connectivity index (χ1n) is 7.99. The Kier molecular flexibility index (Phi) is 5.85. The Morgan fingerprint density at radius 3 is 2.71 bits per heavy atom. The van der Waals surface area contributed by atoms with Crippen LogP contribution in [0, 0.1) is 0 Å². The van der Waals surface area contributed by atoms with Gasteiger partial charge in [-0.2, -0.15) is 0 Å². The van der Waals surface area contributed by atoms with Gasteiger partial charge in [-0.1, -0.05) is 12.1 Å². The lowest BCUT2D eigenvalue weighted by atomic mass is 10.0. The number of hydrogen-bond acceptors (Lipinski definition) is 5. The number of carbonyl (C=O) groups excluding carboxylic acids is 1. The number of amides is 1. The molecule has 6 nitrogen and oxygen atoms in total. The van der Waals surface area contributed by atoms with Crippen LogP contribution >= 0.6 is 0 Å². The lowest BCUT2D eigenvalue weighted by Crippen LogP contribution is -2.52. The molecule has 1 aromatic rings. The molecule has 0 bridgehead atoms. The van der Waals surface area contributed by atoms with Gasteiger partial charge in [-0.25, -0.2) is 0 Å². The number of carbonyl (C=O) groups is 1. The van der Waals surface area contributed by atoms with E-state index in [-0.39, 0.29) is 18.7 Å². The van der Waals surface area contributed by atoms with Crippen molar-refractivity contribution < 1.29 is 24.5 Å². The number of hydrogen-bond donors (Lipinski definition) is 2. The van der Waals surface area contributed by atoms with Crippen LogP contribution in [0.15, 0.2) is 30.9 Å². The van der Waals surface area contributed by atoms with Gasteiger partial charge in [-0.05, 0) is 30.5 Å². The van der Waals surface area contributed by atoms with Gasteiger partial charge < -0.3 is 24.6 Å². The first-order chi connectivity index (χ1) is 11.5. The van der Waals surface area contributed by atoms with Crippen molar-refractivity contribution >= 4 is 5.91 Å². The summed E-state index contributed by atoms with van der Waals surface area (Å²) in [4.78, 5) is 13.5. The zero-order chi connectivity index (χ0) is 17.7. The number of aliphatic hydroxyl groups excluding tert-OH is 1. The molecule has 1 aromatic carbocycles. The molecule has 2 N–H and O–H groups in total. The molecular weight excluding hydrogens is 310 g/mol. The maximum absolute atomic E-state index is 12.1. The summed E-state index contributed by atoms with van der Waals surface area (Å²) in [6.07, 6.45) is 1.87. The fourth-order valence-corrected chi connectivity index (χ4v) is 3.05. The van der Waals surface area contributed by atoms with Crippen molar-refractivity contribution in [2.75, 3.05) is 20.8 Å². The Balaban J connectivity index is 2.11. The van der Waals surface area contributed by atoms with Gasteiger partial charge >= 0.3 is 0 Å². The Hall–Kier alpha value is -2.05. The number of aliphatic hydroxyl groups is 2. The average Bonchev–Trinajstić information content (AvgIpc) is 2.80. The lowest BCUT2D eigenvalue weighted by Gasteiger charge is -2.35. The number of allylic oxidation sites excluding steroid dienone is 1. The Morgan fingerprint density at radius 1 is 1.38 bits per heavy atom. The van der Waals surface area contributed by atoms with E-state index in [1.54, 1.807) is 26.4 Å². The van der Waals surface area contributed by atoms with Crippen LogP contribution in [0.25, 0.3) is 0 Å². The molecule has 0 radical (unpaired) electrons. The standard InChI is InChI=1S/C18H25NO5/c1-4-5-9-18(22)16(20)12-17(21)19(18)10-8-13-6-7-14(23-2)15(11-13)24-3/h4,6-7,11,16,20,22H,1,5,8-10,12H2,2-3H3/t16-,18?/m0/s1. The molecule has 0 aromatic heterocycles. The van der Waals surface area contributed by atoms with E-state index >= 15 is 0 Å². The minimum atomic E-state index is -1.53. The van der Waals surface area contributed by atoms with Crippen LogP contribution in [0.5, 0.6) is 11.5 Å². The van der Waals surface area contributed by atoms with Crippen LogP contribution in [0.3, 0.4) is 0 Å². The summed E-state index contributed by atoms with van der Waals surface area (Å²) in [5.41, 5.74) is -0.574. The van der Waals surface area contributed by atoms with Crippen molar-refractivity contribution in [2.45, 2.75) is 37.5 Å². The van der Waals surface area contributed by atoms with E-state index in [1.165, 1.54) is 4.90 Å². The van der Waals surface area contributed by atoms with Crippen LogP contribution in [0.1, 0.15) is 24.8 Å². The molecule has 1 fully saturated rings. The summed E-state index contributed by atoms with van der Waals surface area (Å²) in [6.45, 7) is 3.95. The predicted octanol–water partition coefficient (Wildman–Crippen LogP) is 1.49. The fourth-order valence-electron chi connectivity index (χ4n) is 3.05. The summed E-state index contributed by atoms with van der Waals surface area (Å²) in [7, 11) is 3.14. The second-order valence-corrected chi connectivity index (χ2v) is 5.91. The van der Waals surface area contributed by atoms with Gasteiger partial charge in [-0.15, -0.1) is 6.58 Å². The molecule has 1 aliphatic rings. The third-order valence-corrected chi connectivity index (χ3v) is 4.46. The Morgan fingerprint density at radius 2 is 2.08 bits per heavy atom. The van der Waals surface area contributed by atoms with E-state index < -0.39 is 11.8 Å². The highest BCUT2D eigenvalue weighted by Gasteiger charge is 2.50. The molecule has 0 saturated carbocycles. The zero-order valence-electron chi connectivity index (χ0n) is 14.2. The van der Waals surface area contributed by atoms with Crippen LogP contribution in [0.2, 0.25) is 0 Å². The van der Waals surface area contributed by atoms with Crippen molar-refractivity contribution in [1.82, 2.24) is 4.90 Å². The Labute approximate surface area is 142 Å². The van der Waals surface area contributed by atoms with Gasteiger partial charge in [-0.3, -0.25) is 4.79 Å². The van der Waals surface area contributed by atoms with Crippen molar-refractivity contribution in [2.24, 2.45) is 0 Å². The van der Waals surface area contributed by atoms with E-state index in [0.29, 0.717) is 30.9 Å². The van der Waals surface area contributed by atoms with Gasteiger partial charge in [0.2, 0.25) is 5.91 Å². The molecule has 1 unspecified atom stereocenters. The molecule has 132 valence electrons. The average molecular weight is 335 g/mol. The third kappa shape index (κ3) is 3.55. The molecule has 1 amide bonds. The minimum Gasteiger partial charge on any atom is -0.493 e. The van der Waals surface area contributed by atoms with Crippen LogP contribution < -0.4 is 9.47 Å². The number of nitrogens with zero attached hydrogens (tertiary/aromatic N) is 1. The second-order valence-electron chi connectivity index (χ2n) is 5.91. The molecule has 24 heavy (non-hydrogen) atoms. The highest BCUT2D eigenvalue weighted by atomic mass is 16.5. The monoisotopic (exact) mass is 335 g/mol. The maximum Gasteiger partial charge on any atom is 0.227 e. The van der Waals surface area contributed by atoms with Crippen LogP contribution in [-0.2, 0) is 11.2 Å². The van der Waals surface area contributed by atoms with Crippen molar-refractivity contribution in [1.29, 1.82) is 0 Å². The lowest BCUT2D eigenvalue weighted by molar-refractivity contribution is -0.161. The smallest absolute Gasteiger partial charge is 0.227 e. The van der Waals surface area contributed by atoms with Gasteiger partial charge in [0, 0.05) is 13.0 Å². The largest absolute Gasteiger partial charge is 0.493 e. The summed E-state index contributed by atoms with van der Waals surface area (Å²) >= 11 is 0. The second kappa shape index (κ2) is 7.68. The molecule has 1 heterocycles. The van der Waals surface area contributed by atoms with Gasteiger partial charge in [0.05, 0.1) is 20.6 Å². The minimum absolute atomic E-state index is 0.0560. The van der Waals surface area contributed by atoms with Crippen LogP contribution in [-0.4, -0.2) is 53.6 Å². The number of rotatable bonds is 8. The highest BCUT2D eigenvalue weighted by Crippen LogP contribution is 2.33. The quantitative estimate of drug-likeness (QED) is 0.704. The number of ether oxygens (including phenoxy) is 2. The fraction of sp³-hybridized carbons (Fsp3) is 0.500. The molecular formula is C18H25NO5. The summed E-state index contributed by atoms with van der Waals surface area (Å²) in [5.74, 6) is 1.01. The van der Waals surface area contributed by atoms with Gasteiger partial charge in [0.1, 0.15) is 6.10 Å². The summed E-state index contributed by atoms with van der Waals surface area (Å²) in [6, 6.07) is 5.54. The van der Waals surface area contributed by atoms with Gasteiger partial charge in [0.25, 0.3) is 0 Å². The Bertz CT molecular complexity index is 603. The van der Waals surface area contributed by atoms with E-state index in [1.807, 2.05) is 12.1 Å². The summed E-state index contributed by atoms with van der Waals surface area (Å²) in [5, 5.41) is 20.8. The SMILES string of the molecule is C=CCCC1(O)[C@@H](O)CC(=O)N1CCc1ccc(OC)c(OC)c1. The molecule has 0 aliphatic carbocycles. The third-order valence-electron chi connectivity index (χ3n) is 4.46. The first kappa shape index (κ1) is 18.3. The van der Waals surface area contributed by atoms with E-state index in [0.717, 1.165) is 5.56 Å². The molecule has 2 rings (SSSR count). The van der Waals surface area contributed by atoms with Crippen molar-refractivity contribution in [3.05, 3.63) is 36.4 Å². The molecule has 6 heteroatoms. The van der Waals surface area contributed by atoms with E-state index in [4.69, 9.17) is 9.47 Å². The van der Waals surface area contributed by atoms with Gasteiger partial charge in [0.15, 0.2) is 17.2 Å². The summed E-state index contributed by atoms with van der Waals surface area (Å²) < 4.78 is 10.5. The first-order valence-corrected chi connectivity index (χ1v) is 7.99. The highest BCUT2D eigenvalue weighted by molar-refractivity contribution is 5.80. The van der Waals surface area contributed by atoms with Crippen LogP contribution in [0.4, 0.5) is 0 Å². The number of methoxy groups -OCH3 is 2. The zero-order valence-corrected chi connectivity index (χ0v) is 14.2. The predicted molar refractivity (Wildman–Crippen MR) is 90.0 cm³/mol. The van der Waals surface area contributed by atoms with Crippen molar-refractivity contribution in [3.8, 4) is 11.5 Å². The molecule has 0 spiro atoms. The number of likely N-dealkylation sites (tertiary alicyclic amines) is 1. The molecule has 1 aliphatic heterocycles. The topological polar surface area (TPSA) is 79.2 Å². The maximum atomic E-state index is 12.1. The molecule has 1 saturated heterocycles. The van der Waals surface area contributed by atoms with E-state index in [9.17, 15) is 15.0 Å². The van der Waals surface area contributed by atoms with Crippen molar-refractivity contribution in [3.63, 3.8) is 0 Å². The number of benzene rings is 1. The normalized spacial score (nSPS) is 23.4.